The van der Waals surface area contributed by atoms with Crippen molar-refractivity contribution in [3.63, 3.8) is 0 Å². The molecule has 0 aromatic carbocycles. The van der Waals surface area contributed by atoms with E-state index < -0.39 is 0 Å². The minimum atomic E-state index is -0.144. The van der Waals surface area contributed by atoms with Crippen LogP contribution in [0, 0.1) is 0 Å². The van der Waals surface area contributed by atoms with Crippen molar-refractivity contribution < 1.29 is 14.2 Å². The van der Waals surface area contributed by atoms with Crippen LogP contribution in [0.2, 0.25) is 0 Å². The quantitative estimate of drug-likeness (QED) is 0.435. The lowest BCUT2D eigenvalue weighted by Gasteiger charge is -2.18. The van der Waals surface area contributed by atoms with Gasteiger partial charge in [0.05, 0.1) is 6.26 Å². The number of ketones is 1. The van der Waals surface area contributed by atoms with Crippen LogP contribution >= 0.6 is 21.6 Å². The molecule has 0 aromatic rings. The van der Waals surface area contributed by atoms with Crippen molar-refractivity contribution in [3.8, 4) is 0 Å². The first-order chi connectivity index (χ1) is 6.18. The first-order valence-corrected chi connectivity index (χ1v) is 5.27. The number of rotatable bonds is 4. The largest absolute Gasteiger partial charge is 0.497 e. The van der Waals surface area contributed by atoms with Crippen molar-refractivity contribution in [2.45, 2.75) is 18.9 Å². The van der Waals surface area contributed by atoms with Crippen LogP contribution in [0.1, 0.15) is 12.8 Å². The van der Waals surface area contributed by atoms with E-state index in [1.807, 2.05) is 0 Å². The maximum absolute atomic E-state index is 10.9. The molecule has 2 atom stereocenters. The maximum atomic E-state index is 10.9. The summed E-state index contributed by atoms with van der Waals surface area (Å²) in [6.45, 7) is 0.559. The number of allylic oxidation sites excluding steroid dienone is 1. The van der Waals surface area contributed by atoms with E-state index in [-0.39, 0.29) is 17.8 Å². The van der Waals surface area contributed by atoms with Crippen molar-refractivity contribution in [3.05, 3.63) is 12.3 Å². The Morgan fingerprint density at radius 1 is 1.85 bits per heavy atom. The van der Waals surface area contributed by atoms with Gasteiger partial charge in [0.2, 0.25) is 0 Å². The topological polar surface area (TPSA) is 35.5 Å². The zero-order chi connectivity index (χ0) is 9.68. The van der Waals surface area contributed by atoms with Gasteiger partial charge in [-0.25, -0.2) is 0 Å². The standard InChI is InChI=1S/C7H12BO3PS/c9-6-1-3-10-7(5-6)2-4-11-8(12)13/h1,3,7,13H,2,4-5,12H2/t7-/m0/s1. The molecule has 1 aliphatic heterocycles. The Kier molecular flexibility index (Phi) is 4.85. The molecule has 0 bridgehead atoms. The Morgan fingerprint density at radius 2 is 2.62 bits per heavy atom. The molecule has 0 aromatic heterocycles. The Morgan fingerprint density at radius 3 is 3.23 bits per heavy atom. The van der Waals surface area contributed by atoms with Gasteiger partial charge in [-0.3, -0.25) is 4.79 Å². The van der Waals surface area contributed by atoms with Gasteiger partial charge in [0.1, 0.15) is 6.10 Å². The van der Waals surface area contributed by atoms with Gasteiger partial charge in [0.15, 0.2) is 5.78 Å². The minimum Gasteiger partial charge on any atom is -0.497 e. The van der Waals surface area contributed by atoms with Gasteiger partial charge < -0.3 is 9.39 Å². The summed E-state index contributed by atoms with van der Waals surface area (Å²) < 4.78 is 10.4. The molecule has 0 saturated heterocycles. The van der Waals surface area contributed by atoms with Crippen LogP contribution in [0.25, 0.3) is 0 Å². The Hall–Kier alpha value is 0.0149. The van der Waals surface area contributed by atoms with Crippen LogP contribution in [-0.4, -0.2) is 24.4 Å². The molecule has 0 amide bonds. The van der Waals surface area contributed by atoms with Crippen molar-refractivity contribution >= 4 is 33.3 Å². The minimum absolute atomic E-state index is 0.0328. The average Bonchev–Trinajstić information content (AvgIpc) is 2.03. The predicted octanol–water partition coefficient (Wildman–Crippen LogP) is 1.05. The molecule has 1 aliphatic rings. The lowest BCUT2D eigenvalue weighted by atomic mass is 10.1. The fraction of sp³-hybridized carbons (Fsp3) is 0.571. The summed E-state index contributed by atoms with van der Waals surface area (Å²) in [6.07, 6.45) is 4.05. The number of carbonyl (C=O) groups is 1. The lowest BCUT2D eigenvalue weighted by Crippen LogP contribution is -2.21. The summed E-state index contributed by atoms with van der Waals surface area (Å²) in [5, 5.41) is 0. The average molecular weight is 218 g/mol. The third-order valence-electron chi connectivity index (χ3n) is 1.68. The van der Waals surface area contributed by atoms with Gasteiger partial charge in [-0.05, 0) is 0 Å². The highest BCUT2D eigenvalue weighted by Gasteiger charge is 2.16. The molecule has 13 heavy (non-hydrogen) atoms. The SMILES string of the molecule is O=C1C=CO[C@@H](CCOB(P)S)C1. The molecule has 6 heteroatoms. The third-order valence-corrected chi connectivity index (χ3v) is 2.02. The smallest absolute Gasteiger partial charge is 0.380 e. The van der Waals surface area contributed by atoms with Gasteiger partial charge >= 0.3 is 5.91 Å². The van der Waals surface area contributed by atoms with E-state index in [9.17, 15) is 4.79 Å². The Bertz CT molecular complexity index is 210. The van der Waals surface area contributed by atoms with Crippen LogP contribution in [0.15, 0.2) is 12.3 Å². The van der Waals surface area contributed by atoms with Gasteiger partial charge in [-0.2, -0.15) is 12.5 Å². The molecule has 0 aliphatic carbocycles. The molecule has 0 fully saturated rings. The highest BCUT2D eigenvalue weighted by Crippen LogP contribution is 2.12. The van der Waals surface area contributed by atoms with E-state index in [4.69, 9.17) is 9.39 Å². The van der Waals surface area contributed by atoms with E-state index in [2.05, 4.69) is 21.6 Å². The van der Waals surface area contributed by atoms with Crippen molar-refractivity contribution in [2.75, 3.05) is 6.61 Å². The van der Waals surface area contributed by atoms with Crippen molar-refractivity contribution in [2.24, 2.45) is 0 Å². The summed E-state index contributed by atoms with van der Waals surface area (Å²) in [7, 11) is 2.42. The first kappa shape index (κ1) is 11.1. The molecular formula is C7H12BO3PS. The molecule has 1 unspecified atom stereocenters. The molecule has 0 N–H and O–H groups in total. The molecule has 0 saturated carbocycles. The molecule has 1 heterocycles. The summed E-state index contributed by atoms with van der Waals surface area (Å²) in [4.78, 5) is 10.9. The lowest BCUT2D eigenvalue weighted by molar-refractivity contribution is -0.118. The summed E-state index contributed by atoms with van der Waals surface area (Å²) in [6, 6.07) is 0. The molecule has 72 valence electrons. The van der Waals surface area contributed by atoms with Crippen LogP contribution in [0.3, 0.4) is 0 Å². The molecule has 0 spiro atoms. The fourth-order valence-corrected chi connectivity index (χ4v) is 1.30. The highest BCUT2D eigenvalue weighted by molar-refractivity contribution is 8.23. The summed E-state index contributed by atoms with van der Waals surface area (Å²) in [5.41, 5.74) is 0. The monoisotopic (exact) mass is 218 g/mol. The highest BCUT2D eigenvalue weighted by atomic mass is 32.1. The van der Waals surface area contributed by atoms with E-state index in [1.165, 1.54) is 12.3 Å². The van der Waals surface area contributed by atoms with Crippen molar-refractivity contribution in [1.29, 1.82) is 0 Å². The number of hydrogen-bond acceptors (Lipinski definition) is 4. The molecular weight excluding hydrogens is 206 g/mol. The molecule has 3 nitrogen and oxygen atoms in total. The third kappa shape index (κ3) is 4.70. The first-order valence-electron chi connectivity index (χ1n) is 4.08. The number of thiol groups is 1. The number of carbonyl (C=O) groups excluding carboxylic acids is 1. The van der Waals surface area contributed by atoms with E-state index in [0.29, 0.717) is 13.0 Å². The molecule has 1 rings (SSSR count). The van der Waals surface area contributed by atoms with E-state index >= 15 is 0 Å². The van der Waals surface area contributed by atoms with Crippen LogP contribution in [0.4, 0.5) is 0 Å². The van der Waals surface area contributed by atoms with Gasteiger partial charge in [-0.1, -0.05) is 0 Å². The van der Waals surface area contributed by atoms with E-state index in [0.717, 1.165) is 6.42 Å². The fourth-order valence-electron chi connectivity index (χ4n) is 1.06. The van der Waals surface area contributed by atoms with Crippen LogP contribution in [0.5, 0.6) is 0 Å². The van der Waals surface area contributed by atoms with Gasteiger partial charge in [0.25, 0.3) is 0 Å². The normalized spacial score (nSPS) is 21.4. The molecule has 0 radical (unpaired) electrons. The van der Waals surface area contributed by atoms with Crippen LogP contribution in [-0.2, 0) is 14.2 Å². The Labute approximate surface area is 85.8 Å². The second-order valence-electron chi connectivity index (χ2n) is 2.78. The van der Waals surface area contributed by atoms with Crippen LogP contribution < -0.4 is 0 Å². The van der Waals surface area contributed by atoms with Crippen molar-refractivity contribution in [1.82, 2.24) is 0 Å². The zero-order valence-corrected chi connectivity index (χ0v) is 9.23. The maximum Gasteiger partial charge on any atom is 0.380 e. The number of ether oxygens (including phenoxy) is 1. The second kappa shape index (κ2) is 5.68. The Balaban J connectivity index is 2.15. The predicted molar refractivity (Wildman–Crippen MR) is 58.7 cm³/mol. The van der Waals surface area contributed by atoms with Gasteiger partial charge in [0, 0.05) is 25.5 Å². The summed E-state index contributed by atoms with van der Waals surface area (Å²) >= 11 is 4.03. The van der Waals surface area contributed by atoms with E-state index in [1.54, 1.807) is 0 Å². The number of hydrogen-bond donors (Lipinski definition) is 1. The van der Waals surface area contributed by atoms with Gasteiger partial charge in [-0.15, -0.1) is 9.12 Å². The summed E-state index contributed by atoms with van der Waals surface area (Å²) in [5.74, 6) is -0.0284. The second-order valence-corrected chi connectivity index (χ2v) is 4.46. The zero-order valence-electron chi connectivity index (χ0n) is 7.18.